The maximum absolute atomic E-state index is 4.73. The summed E-state index contributed by atoms with van der Waals surface area (Å²) in [6, 6.07) is 17.6. The van der Waals surface area contributed by atoms with E-state index in [-0.39, 0.29) is 0 Å². The summed E-state index contributed by atoms with van der Waals surface area (Å²) in [5.41, 5.74) is 4.09. The number of hydrogen-bond donors (Lipinski definition) is 0. The van der Waals surface area contributed by atoms with E-state index in [1.54, 1.807) is 0 Å². The maximum Gasteiger partial charge on any atom is 0.0923 e. The van der Waals surface area contributed by atoms with Crippen LogP contribution < -0.4 is 0 Å². The minimum Gasteiger partial charge on any atom is -0.268 e. The van der Waals surface area contributed by atoms with E-state index in [0.717, 1.165) is 18.4 Å². The molecule has 0 bridgehead atoms. The molecular formula is C17H16N2. The molecule has 1 atom stereocenters. The molecule has 94 valence electrons. The van der Waals surface area contributed by atoms with Gasteiger partial charge < -0.3 is 0 Å². The van der Waals surface area contributed by atoms with Gasteiger partial charge in [-0.15, -0.1) is 0 Å². The molecule has 2 nitrogen and oxygen atoms in total. The van der Waals surface area contributed by atoms with Crippen molar-refractivity contribution in [3.63, 3.8) is 0 Å². The fraction of sp³-hybridized carbons (Fsp3) is 0.235. The summed E-state index contributed by atoms with van der Waals surface area (Å²) in [4.78, 5) is 0. The van der Waals surface area contributed by atoms with E-state index in [0.29, 0.717) is 6.04 Å². The first-order chi connectivity index (χ1) is 9.40. The molecule has 0 radical (unpaired) electrons. The highest BCUT2D eigenvalue weighted by molar-refractivity contribution is 5.77. The molecule has 4 rings (SSSR count). The summed E-state index contributed by atoms with van der Waals surface area (Å²) in [6.45, 7) is 0. The Morgan fingerprint density at radius 1 is 0.947 bits per heavy atom. The fourth-order valence-electron chi connectivity index (χ4n) is 3.07. The van der Waals surface area contributed by atoms with Gasteiger partial charge in [0.05, 0.1) is 11.6 Å². The lowest BCUT2D eigenvalue weighted by atomic mass is 9.88. The lowest BCUT2D eigenvalue weighted by molar-refractivity contribution is 0.408. The highest BCUT2D eigenvalue weighted by atomic mass is 15.3. The Hall–Kier alpha value is -2.09. The topological polar surface area (TPSA) is 17.8 Å². The number of rotatable bonds is 1. The van der Waals surface area contributed by atoms with Crippen LogP contribution in [0.5, 0.6) is 0 Å². The molecule has 3 aromatic rings. The van der Waals surface area contributed by atoms with Crippen molar-refractivity contribution in [3.05, 3.63) is 65.9 Å². The Morgan fingerprint density at radius 2 is 1.74 bits per heavy atom. The summed E-state index contributed by atoms with van der Waals surface area (Å²) in [6.07, 6.45) is 5.64. The SMILES string of the molecule is c1ccc2c(c1)CCC(n1cc3ccccc3n1)C2. The predicted molar refractivity (Wildman–Crippen MR) is 77.2 cm³/mol. The lowest BCUT2D eigenvalue weighted by Crippen LogP contribution is -2.18. The van der Waals surface area contributed by atoms with Crippen LogP contribution in [0.3, 0.4) is 0 Å². The first-order valence-electron chi connectivity index (χ1n) is 6.91. The third-order valence-electron chi connectivity index (χ3n) is 4.13. The molecule has 1 aromatic heterocycles. The second kappa shape index (κ2) is 4.23. The fourth-order valence-corrected chi connectivity index (χ4v) is 3.07. The molecule has 1 unspecified atom stereocenters. The van der Waals surface area contributed by atoms with Crippen LogP contribution in [0.15, 0.2) is 54.7 Å². The van der Waals surface area contributed by atoms with Crippen LogP contribution in [0.1, 0.15) is 23.6 Å². The van der Waals surface area contributed by atoms with E-state index in [9.17, 15) is 0 Å². The number of aromatic nitrogens is 2. The summed E-state index contributed by atoms with van der Waals surface area (Å²) in [5.74, 6) is 0. The number of aryl methyl sites for hydroxylation is 1. The first kappa shape index (κ1) is 10.8. The van der Waals surface area contributed by atoms with E-state index in [1.807, 2.05) is 0 Å². The van der Waals surface area contributed by atoms with Crippen LogP contribution in [-0.2, 0) is 12.8 Å². The zero-order chi connectivity index (χ0) is 12.7. The Balaban J connectivity index is 1.70. The monoisotopic (exact) mass is 248 g/mol. The van der Waals surface area contributed by atoms with Crippen LogP contribution in [0.2, 0.25) is 0 Å². The van der Waals surface area contributed by atoms with Crippen LogP contribution in [0.25, 0.3) is 10.9 Å². The summed E-state index contributed by atoms with van der Waals surface area (Å²) < 4.78 is 2.17. The lowest BCUT2D eigenvalue weighted by Gasteiger charge is -2.24. The minimum absolute atomic E-state index is 0.502. The molecule has 0 amide bonds. The Labute approximate surface area is 112 Å². The molecule has 0 saturated heterocycles. The molecule has 0 saturated carbocycles. The van der Waals surface area contributed by atoms with E-state index >= 15 is 0 Å². The maximum atomic E-state index is 4.73. The number of hydrogen-bond acceptors (Lipinski definition) is 1. The quantitative estimate of drug-likeness (QED) is 0.641. The smallest absolute Gasteiger partial charge is 0.0923 e. The third-order valence-corrected chi connectivity index (χ3v) is 4.13. The summed E-state index contributed by atoms with van der Waals surface area (Å²) >= 11 is 0. The third kappa shape index (κ3) is 1.84. The second-order valence-corrected chi connectivity index (χ2v) is 5.33. The minimum atomic E-state index is 0.502. The molecule has 2 heteroatoms. The molecule has 1 aliphatic carbocycles. The van der Waals surface area contributed by atoms with Crippen molar-refractivity contribution in [2.75, 3.05) is 0 Å². The van der Waals surface area contributed by atoms with Gasteiger partial charge in [0, 0.05) is 11.6 Å². The molecule has 1 heterocycles. The predicted octanol–water partition coefficient (Wildman–Crippen LogP) is 3.77. The normalized spacial score (nSPS) is 18.4. The van der Waals surface area contributed by atoms with Gasteiger partial charge in [0.15, 0.2) is 0 Å². The van der Waals surface area contributed by atoms with E-state index in [2.05, 4.69) is 59.4 Å². The van der Waals surface area contributed by atoms with E-state index < -0.39 is 0 Å². The molecule has 0 N–H and O–H groups in total. The van der Waals surface area contributed by atoms with Gasteiger partial charge in [0.1, 0.15) is 0 Å². The number of nitrogens with zero attached hydrogens (tertiary/aromatic N) is 2. The van der Waals surface area contributed by atoms with Gasteiger partial charge in [-0.1, -0.05) is 42.5 Å². The Kier molecular flexibility index (Phi) is 2.41. The van der Waals surface area contributed by atoms with Crippen molar-refractivity contribution in [3.8, 4) is 0 Å². The van der Waals surface area contributed by atoms with Gasteiger partial charge >= 0.3 is 0 Å². The van der Waals surface area contributed by atoms with Gasteiger partial charge in [-0.3, -0.25) is 4.68 Å². The number of benzene rings is 2. The van der Waals surface area contributed by atoms with Gasteiger partial charge in [-0.05, 0) is 36.5 Å². The van der Waals surface area contributed by atoms with Gasteiger partial charge in [0.2, 0.25) is 0 Å². The average Bonchev–Trinajstić information content (AvgIpc) is 2.90. The number of fused-ring (bicyclic) bond motifs is 2. The van der Waals surface area contributed by atoms with Crippen molar-refractivity contribution in [1.29, 1.82) is 0 Å². The summed E-state index contributed by atoms with van der Waals surface area (Å²) in [7, 11) is 0. The summed E-state index contributed by atoms with van der Waals surface area (Å²) in [5, 5.41) is 5.96. The van der Waals surface area contributed by atoms with Crippen LogP contribution in [-0.4, -0.2) is 9.78 Å². The van der Waals surface area contributed by atoms with Gasteiger partial charge in [-0.25, -0.2) is 0 Å². The van der Waals surface area contributed by atoms with Gasteiger partial charge in [0.25, 0.3) is 0 Å². The Morgan fingerprint density at radius 3 is 2.63 bits per heavy atom. The second-order valence-electron chi connectivity index (χ2n) is 5.33. The molecule has 0 fully saturated rings. The van der Waals surface area contributed by atoms with Crippen molar-refractivity contribution in [1.82, 2.24) is 9.78 Å². The van der Waals surface area contributed by atoms with E-state index in [1.165, 1.54) is 22.9 Å². The molecule has 1 aliphatic rings. The van der Waals surface area contributed by atoms with Crippen LogP contribution in [0, 0.1) is 0 Å². The zero-order valence-corrected chi connectivity index (χ0v) is 10.8. The van der Waals surface area contributed by atoms with Crippen molar-refractivity contribution in [2.24, 2.45) is 0 Å². The van der Waals surface area contributed by atoms with Crippen molar-refractivity contribution in [2.45, 2.75) is 25.3 Å². The highest BCUT2D eigenvalue weighted by Gasteiger charge is 2.20. The van der Waals surface area contributed by atoms with Gasteiger partial charge in [-0.2, -0.15) is 5.10 Å². The van der Waals surface area contributed by atoms with Crippen molar-refractivity contribution < 1.29 is 0 Å². The molecule has 19 heavy (non-hydrogen) atoms. The highest BCUT2D eigenvalue weighted by Crippen LogP contribution is 2.29. The Bertz CT molecular complexity index is 694. The standard InChI is InChI=1S/C17H16N2/c1-2-6-14-11-16(10-9-13(14)5-1)19-12-15-7-3-4-8-17(15)18-19/h1-8,12,16H,9-11H2. The largest absolute Gasteiger partial charge is 0.268 e. The van der Waals surface area contributed by atoms with Crippen molar-refractivity contribution >= 4 is 10.9 Å². The molecule has 0 spiro atoms. The molecular weight excluding hydrogens is 232 g/mol. The average molecular weight is 248 g/mol. The molecule has 0 aliphatic heterocycles. The van der Waals surface area contributed by atoms with Crippen LogP contribution >= 0.6 is 0 Å². The first-order valence-corrected chi connectivity index (χ1v) is 6.91. The van der Waals surface area contributed by atoms with E-state index in [4.69, 9.17) is 5.10 Å². The van der Waals surface area contributed by atoms with Crippen LogP contribution in [0.4, 0.5) is 0 Å². The zero-order valence-electron chi connectivity index (χ0n) is 10.8. The molecule has 2 aromatic carbocycles.